The van der Waals surface area contributed by atoms with Crippen LogP contribution >= 0.6 is 24.8 Å². The lowest BCUT2D eigenvalue weighted by Crippen LogP contribution is -1.87. The van der Waals surface area contributed by atoms with E-state index in [9.17, 15) is 4.21 Å². The van der Waals surface area contributed by atoms with Crippen LogP contribution in [0.3, 0.4) is 0 Å². The van der Waals surface area contributed by atoms with Crippen molar-refractivity contribution in [3.8, 4) is 0 Å². The molecule has 1 heterocycles. The fraction of sp³-hybridized carbons (Fsp3) is 0.400. The van der Waals surface area contributed by atoms with Crippen molar-refractivity contribution >= 4 is 40.2 Å². The molecule has 0 amide bonds. The monoisotopic (exact) mass is 231 g/mol. The summed E-state index contributed by atoms with van der Waals surface area (Å²) in [5.74, 6) is 0. The smallest absolute Gasteiger partial charge is 0.111 e. The third-order valence-corrected chi connectivity index (χ3v) is 1.46. The third-order valence-electron chi connectivity index (χ3n) is 0.809. The lowest BCUT2D eigenvalue weighted by atomic mass is 10.6. The van der Waals surface area contributed by atoms with Crippen LogP contribution in [0.25, 0.3) is 0 Å². The Morgan fingerprint density at radius 2 is 2.08 bits per heavy atom. The topological polar surface area (TPSA) is 58.1 Å². The molecule has 4 nitrogen and oxygen atoms in total. The Morgan fingerprint density at radius 1 is 1.50 bits per heavy atom. The molecule has 0 saturated carbocycles. The SMILES string of the molecule is CS(C)(=O)=Nc1cn[nH]c1.Cl.Cl. The van der Waals surface area contributed by atoms with Crippen LogP contribution in [0, 0.1) is 0 Å². The van der Waals surface area contributed by atoms with Crippen molar-refractivity contribution in [2.24, 2.45) is 4.36 Å². The second-order valence-electron chi connectivity index (χ2n) is 2.23. The molecule has 0 saturated heterocycles. The molecule has 1 aromatic heterocycles. The predicted molar refractivity (Wildman–Crippen MR) is 55.2 cm³/mol. The van der Waals surface area contributed by atoms with Gasteiger partial charge in [-0.25, -0.2) is 4.21 Å². The van der Waals surface area contributed by atoms with Crippen LogP contribution < -0.4 is 0 Å². The number of hydrogen-bond acceptors (Lipinski definition) is 3. The van der Waals surface area contributed by atoms with Crippen LogP contribution in [0.2, 0.25) is 0 Å². The standard InChI is InChI=1S/C5H9N3OS.2ClH/c1-10(2,9)8-5-3-6-7-4-5;;/h3-4H,1-2H3,(H,6,7);2*1H. The molecule has 0 spiro atoms. The molecule has 1 rings (SSSR count). The van der Waals surface area contributed by atoms with Crippen LogP contribution in [0.1, 0.15) is 0 Å². The second kappa shape index (κ2) is 5.40. The average Bonchev–Trinajstić information content (AvgIpc) is 2.12. The summed E-state index contributed by atoms with van der Waals surface area (Å²) >= 11 is 0. The van der Waals surface area contributed by atoms with E-state index < -0.39 is 9.73 Å². The Kier molecular flexibility index (Phi) is 6.42. The molecule has 0 radical (unpaired) electrons. The van der Waals surface area contributed by atoms with Crippen molar-refractivity contribution in [2.75, 3.05) is 12.5 Å². The predicted octanol–water partition coefficient (Wildman–Crippen LogP) is 1.61. The summed E-state index contributed by atoms with van der Waals surface area (Å²) in [6, 6.07) is 0. The quantitative estimate of drug-likeness (QED) is 0.799. The molecule has 12 heavy (non-hydrogen) atoms. The van der Waals surface area contributed by atoms with E-state index in [0.29, 0.717) is 5.69 Å². The Labute approximate surface area is 84.1 Å². The molecule has 72 valence electrons. The zero-order chi connectivity index (χ0) is 7.61. The lowest BCUT2D eigenvalue weighted by molar-refractivity contribution is 0.684. The summed E-state index contributed by atoms with van der Waals surface area (Å²) in [4.78, 5) is 0. The Hall–Kier alpha value is -0.260. The number of aromatic amines is 1. The molecule has 0 unspecified atom stereocenters. The van der Waals surface area contributed by atoms with Gasteiger partial charge in [-0.15, -0.1) is 24.8 Å². The minimum absolute atomic E-state index is 0. The average molecular weight is 232 g/mol. The number of rotatable bonds is 1. The Balaban J connectivity index is 0. The first-order valence-electron chi connectivity index (χ1n) is 2.74. The summed E-state index contributed by atoms with van der Waals surface area (Å²) in [5.41, 5.74) is 0.634. The molecule has 0 aliphatic rings. The first-order chi connectivity index (χ1) is 4.58. The highest BCUT2D eigenvalue weighted by Gasteiger charge is 1.92. The molecule has 0 aliphatic carbocycles. The summed E-state index contributed by atoms with van der Waals surface area (Å²) in [5, 5.41) is 6.25. The van der Waals surface area contributed by atoms with E-state index in [1.807, 2.05) is 0 Å². The van der Waals surface area contributed by atoms with Crippen LogP contribution in [-0.2, 0) is 9.73 Å². The van der Waals surface area contributed by atoms with Crippen molar-refractivity contribution in [3.05, 3.63) is 12.4 Å². The lowest BCUT2D eigenvalue weighted by Gasteiger charge is -1.89. The molecule has 0 bridgehead atoms. The van der Waals surface area contributed by atoms with E-state index in [2.05, 4.69) is 14.6 Å². The van der Waals surface area contributed by atoms with Gasteiger partial charge in [0.25, 0.3) is 0 Å². The first-order valence-corrected chi connectivity index (χ1v) is 5.07. The van der Waals surface area contributed by atoms with Gasteiger partial charge in [0, 0.05) is 28.4 Å². The summed E-state index contributed by atoms with van der Waals surface area (Å²) in [6.45, 7) is 0. The summed E-state index contributed by atoms with van der Waals surface area (Å²) in [7, 11) is -2.03. The molecule has 1 N–H and O–H groups in total. The number of hydrogen-bond donors (Lipinski definition) is 1. The Bertz CT molecular complexity index is 307. The number of aromatic nitrogens is 2. The van der Waals surface area contributed by atoms with Gasteiger partial charge in [0.1, 0.15) is 5.69 Å². The fourth-order valence-electron chi connectivity index (χ4n) is 0.548. The Morgan fingerprint density at radius 3 is 2.42 bits per heavy atom. The van der Waals surface area contributed by atoms with Gasteiger partial charge in [-0.2, -0.15) is 9.46 Å². The molecule has 0 atom stereocenters. The van der Waals surface area contributed by atoms with E-state index in [1.54, 1.807) is 18.7 Å². The maximum absolute atomic E-state index is 11.0. The highest BCUT2D eigenvalue weighted by atomic mass is 35.5. The summed E-state index contributed by atoms with van der Waals surface area (Å²) < 4.78 is 14.9. The van der Waals surface area contributed by atoms with Crippen molar-refractivity contribution in [2.45, 2.75) is 0 Å². The van der Waals surface area contributed by atoms with Crippen LogP contribution in [0.15, 0.2) is 16.8 Å². The highest BCUT2D eigenvalue weighted by molar-refractivity contribution is 7.92. The van der Waals surface area contributed by atoms with Gasteiger partial charge in [-0.05, 0) is 0 Å². The molecule has 7 heteroatoms. The molecule has 0 aliphatic heterocycles. The van der Waals surface area contributed by atoms with Crippen LogP contribution in [-0.4, -0.2) is 26.9 Å². The van der Waals surface area contributed by atoms with Gasteiger partial charge in [-0.1, -0.05) is 0 Å². The number of H-pyrrole nitrogens is 1. The van der Waals surface area contributed by atoms with Gasteiger partial charge in [-0.3, -0.25) is 5.10 Å². The largest absolute Gasteiger partial charge is 0.283 e. The van der Waals surface area contributed by atoms with E-state index in [0.717, 1.165) is 0 Å². The normalized spacial score (nSPS) is 9.50. The zero-order valence-electron chi connectivity index (χ0n) is 6.68. The van der Waals surface area contributed by atoms with Crippen molar-refractivity contribution in [1.82, 2.24) is 10.2 Å². The number of nitrogens with zero attached hydrogens (tertiary/aromatic N) is 2. The first kappa shape index (κ1) is 14.3. The van der Waals surface area contributed by atoms with E-state index >= 15 is 0 Å². The number of halogens is 2. The maximum atomic E-state index is 11.0. The van der Waals surface area contributed by atoms with Crippen LogP contribution in [0.5, 0.6) is 0 Å². The minimum atomic E-state index is -2.03. The minimum Gasteiger partial charge on any atom is -0.283 e. The van der Waals surface area contributed by atoms with Gasteiger partial charge in [0.05, 0.1) is 6.20 Å². The van der Waals surface area contributed by atoms with Gasteiger partial charge in [0.2, 0.25) is 0 Å². The van der Waals surface area contributed by atoms with Crippen molar-refractivity contribution in [3.63, 3.8) is 0 Å². The van der Waals surface area contributed by atoms with Crippen molar-refractivity contribution in [1.29, 1.82) is 0 Å². The molecular formula is C5H11Cl2N3OS. The molecule has 0 aromatic carbocycles. The van der Waals surface area contributed by atoms with E-state index in [1.165, 1.54) is 6.20 Å². The molecule has 1 aromatic rings. The maximum Gasteiger partial charge on any atom is 0.111 e. The molecular weight excluding hydrogens is 221 g/mol. The van der Waals surface area contributed by atoms with E-state index in [4.69, 9.17) is 0 Å². The highest BCUT2D eigenvalue weighted by Crippen LogP contribution is 2.08. The van der Waals surface area contributed by atoms with E-state index in [-0.39, 0.29) is 24.8 Å². The van der Waals surface area contributed by atoms with Crippen LogP contribution in [0.4, 0.5) is 5.69 Å². The zero-order valence-corrected chi connectivity index (χ0v) is 9.13. The fourth-order valence-corrected chi connectivity index (χ4v) is 1.16. The van der Waals surface area contributed by atoms with Gasteiger partial charge < -0.3 is 0 Å². The van der Waals surface area contributed by atoms with Crippen molar-refractivity contribution < 1.29 is 4.21 Å². The third kappa shape index (κ3) is 5.40. The van der Waals surface area contributed by atoms with Gasteiger partial charge >= 0.3 is 0 Å². The molecule has 0 fully saturated rings. The second-order valence-corrected chi connectivity index (χ2v) is 4.77. The number of nitrogens with one attached hydrogen (secondary N) is 1. The summed E-state index contributed by atoms with van der Waals surface area (Å²) in [6.07, 6.45) is 6.30. The van der Waals surface area contributed by atoms with Gasteiger partial charge in [0.15, 0.2) is 0 Å².